The maximum Gasteiger partial charge on any atom is 0.204 e. The SMILES string of the molecule is COc1ccc2cc1Oc1ccc(cc1)C[C@H]1c3cc(c(OC)cc3CCN1C)Oc1c(OC)c(OC)cc3cc[n+](C)c(c13)C2. The molecule has 0 amide bonds. The van der Waals surface area contributed by atoms with E-state index in [2.05, 4.69) is 59.1 Å². The van der Waals surface area contributed by atoms with Gasteiger partial charge in [-0.25, -0.2) is 4.57 Å². The Morgan fingerprint density at radius 1 is 0.761 bits per heavy atom. The first-order valence-corrected chi connectivity index (χ1v) is 15.5. The van der Waals surface area contributed by atoms with Crippen LogP contribution in [-0.2, 0) is 26.3 Å². The van der Waals surface area contributed by atoms with Gasteiger partial charge in [0.15, 0.2) is 46.4 Å². The first-order valence-electron chi connectivity index (χ1n) is 15.5. The molecule has 4 aromatic carbocycles. The zero-order valence-electron chi connectivity index (χ0n) is 27.2. The quantitative estimate of drug-likeness (QED) is 0.202. The number of methoxy groups -OCH3 is 4. The van der Waals surface area contributed by atoms with E-state index in [9.17, 15) is 0 Å². The van der Waals surface area contributed by atoms with Crippen LogP contribution in [0.5, 0.6) is 46.0 Å². The van der Waals surface area contributed by atoms with Crippen LogP contribution in [0.25, 0.3) is 10.8 Å². The summed E-state index contributed by atoms with van der Waals surface area (Å²) in [5.41, 5.74) is 5.79. The van der Waals surface area contributed by atoms with Crippen molar-refractivity contribution in [3.63, 3.8) is 0 Å². The number of likely N-dealkylation sites (N-methyl/N-ethyl adjacent to an activating group) is 1. The van der Waals surface area contributed by atoms with Gasteiger partial charge >= 0.3 is 0 Å². The summed E-state index contributed by atoms with van der Waals surface area (Å²) in [6.07, 6.45) is 4.41. The average Bonchev–Trinajstić information content (AvgIpc) is 3.07. The Balaban J connectivity index is 1.52. The summed E-state index contributed by atoms with van der Waals surface area (Å²) in [6.45, 7) is 0.951. The third-order valence-electron chi connectivity index (χ3n) is 9.29. The lowest BCUT2D eigenvalue weighted by molar-refractivity contribution is -0.677. The highest BCUT2D eigenvalue weighted by Gasteiger charge is 2.30. The van der Waals surface area contributed by atoms with Gasteiger partial charge in [-0.2, -0.15) is 0 Å². The lowest BCUT2D eigenvalue weighted by atomic mass is 9.88. The van der Waals surface area contributed by atoms with Gasteiger partial charge in [0, 0.05) is 24.0 Å². The van der Waals surface area contributed by atoms with Crippen LogP contribution in [0.4, 0.5) is 0 Å². The minimum atomic E-state index is 0.150. The van der Waals surface area contributed by atoms with E-state index in [0.29, 0.717) is 46.7 Å². The van der Waals surface area contributed by atoms with Gasteiger partial charge < -0.3 is 28.4 Å². The lowest BCUT2D eigenvalue weighted by Crippen LogP contribution is -2.33. The molecule has 8 nitrogen and oxygen atoms in total. The molecule has 0 radical (unpaired) electrons. The summed E-state index contributed by atoms with van der Waals surface area (Å²) in [6, 6.07) is 22.9. The third kappa shape index (κ3) is 5.22. The molecule has 1 aromatic heterocycles. The fourth-order valence-corrected chi connectivity index (χ4v) is 6.78. The number of ether oxygens (including phenoxy) is 6. The number of benzene rings is 4. The molecule has 3 aliphatic heterocycles. The highest BCUT2D eigenvalue weighted by molar-refractivity contribution is 5.94. The largest absolute Gasteiger partial charge is 0.493 e. The van der Waals surface area contributed by atoms with E-state index in [0.717, 1.165) is 47.2 Å². The van der Waals surface area contributed by atoms with Crippen molar-refractivity contribution in [2.24, 2.45) is 7.05 Å². The normalized spacial score (nSPS) is 15.7. The van der Waals surface area contributed by atoms with Crippen LogP contribution in [0.3, 0.4) is 0 Å². The Morgan fingerprint density at radius 3 is 2.24 bits per heavy atom. The number of fused-ring (bicyclic) bond motifs is 2. The van der Waals surface area contributed by atoms with Crippen molar-refractivity contribution in [3.8, 4) is 46.0 Å². The van der Waals surface area contributed by atoms with E-state index in [-0.39, 0.29) is 6.04 Å². The smallest absolute Gasteiger partial charge is 0.204 e. The summed E-state index contributed by atoms with van der Waals surface area (Å²) in [7, 11) is 10.9. The molecule has 236 valence electrons. The molecule has 8 rings (SSSR count). The second kappa shape index (κ2) is 12.1. The minimum Gasteiger partial charge on any atom is -0.493 e. The number of pyridine rings is 1. The zero-order valence-corrected chi connectivity index (χ0v) is 27.2. The van der Waals surface area contributed by atoms with Crippen molar-refractivity contribution in [2.75, 3.05) is 42.0 Å². The van der Waals surface area contributed by atoms with Gasteiger partial charge in [-0.3, -0.25) is 4.90 Å². The summed E-state index contributed by atoms with van der Waals surface area (Å²) in [5.74, 6) is 5.07. The van der Waals surface area contributed by atoms with Gasteiger partial charge in [-0.05, 0) is 84.6 Å². The van der Waals surface area contributed by atoms with Crippen molar-refractivity contribution in [1.29, 1.82) is 0 Å². The Kier molecular flexibility index (Phi) is 7.82. The van der Waals surface area contributed by atoms with Crippen molar-refractivity contribution in [3.05, 3.63) is 101 Å². The topological polar surface area (TPSA) is 62.5 Å². The van der Waals surface area contributed by atoms with E-state index < -0.39 is 0 Å². The molecule has 0 saturated heterocycles. The number of aryl methyl sites for hydroxylation is 1. The molecule has 0 N–H and O–H groups in total. The van der Waals surface area contributed by atoms with E-state index in [1.54, 1.807) is 28.4 Å². The molecule has 46 heavy (non-hydrogen) atoms. The molecule has 3 aliphatic rings. The van der Waals surface area contributed by atoms with Crippen molar-refractivity contribution < 1.29 is 33.0 Å². The highest BCUT2D eigenvalue weighted by atomic mass is 16.5. The van der Waals surface area contributed by atoms with Gasteiger partial charge in [0.05, 0.1) is 40.2 Å². The maximum atomic E-state index is 6.97. The monoisotopic (exact) mass is 619 g/mol. The Bertz CT molecular complexity index is 1940. The molecule has 4 heterocycles. The molecule has 0 unspecified atom stereocenters. The molecule has 0 saturated carbocycles. The predicted molar refractivity (Wildman–Crippen MR) is 176 cm³/mol. The molecule has 8 heteroatoms. The van der Waals surface area contributed by atoms with Crippen LogP contribution in [0.2, 0.25) is 0 Å². The Hall–Kier alpha value is -4.95. The summed E-state index contributed by atoms with van der Waals surface area (Å²) in [5, 5.41) is 1.89. The van der Waals surface area contributed by atoms with Crippen LogP contribution in [0.1, 0.15) is 34.0 Å². The number of hydrogen-bond donors (Lipinski definition) is 0. The molecule has 5 aromatic rings. The van der Waals surface area contributed by atoms with E-state index in [4.69, 9.17) is 28.4 Å². The molecule has 0 spiro atoms. The Morgan fingerprint density at radius 2 is 1.50 bits per heavy atom. The third-order valence-corrected chi connectivity index (χ3v) is 9.29. The Labute approximate surface area is 269 Å². The lowest BCUT2D eigenvalue weighted by Gasteiger charge is -2.35. The highest BCUT2D eigenvalue weighted by Crippen LogP contribution is 2.49. The van der Waals surface area contributed by atoms with Crippen molar-refractivity contribution in [1.82, 2.24) is 4.90 Å². The molecule has 0 aliphatic carbocycles. The predicted octanol–water partition coefficient (Wildman–Crippen LogP) is 6.96. The number of aromatic nitrogens is 1. The second-order valence-corrected chi connectivity index (χ2v) is 11.9. The summed E-state index contributed by atoms with van der Waals surface area (Å²) in [4.78, 5) is 2.41. The van der Waals surface area contributed by atoms with E-state index in [1.807, 2.05) is 37.4 Å². The molecular formula is C38H39N2O6+. The second-order valence-electron chi connectivity index (χ2n) is 11.9. The van der Waals surface area contributed by atoms with Crippen LogP contribution >= 0.6 is 0 Å². The number of nitrogens with zero attached hydrogens (tertiary/aromatic N) is 2. The van der Waals surface area contributed by atoms with Crippen LogP contribution in [0, 0.1) is 0 Å². The van der Waals surface area contributed by atoms with E-state index >= 15 is 0 Å². The number of hydrogen-bond acceptors (Lipinski definition) is 7. The number of rotatable bonds is 4. The zero-order chi connectivity index (χ0) is 31.9. The standard InChI is InChI=1S/C38H39N2O6/c1-39-15-13-25-20-32(42-4)34-22-28(25)29(39)17-23-7-10-27(11-8-23)45-33-19-24(9-12-31(33)41-3)18-30-36-26(14-16-40(30)2)21-35(43-5)37(44-6)38(36)46-34/h7-12,14,16,19-22,29H,13,15,17-18H2,1-6H3/q+1/t29-/m0/s1. The maximum absolute atomic E-state index is 6.97. The van der Waals surface area contributed by atoms with Crippen molar-refractivity contribution in [2.45, 2.75) is 25.3 Å². The van der Waals surface area contributed by atoms with Crippen LogP contribution < -0.4 is 33.0 Å². The first kappa shape index (κ1) is 29.7. The van der Waals surface area contributed by atoms with Gasteiger partial charge in [-0.1, -0.05) is 18.2 Å². The van der Waals surface area contributed by atoms with Crippen molar-refractivity contribution >= 4 is 10.8 Å². The van der Waals surface area contributed by atoms with Gasteiger partial charge in [0.1, 0.15) is 12.8 Å². The minimum absolute atomic E-state index is 0.150. The molecular weight excluding hydrogens is 580 g/mol. The fourth-order valence-electron chi connectivity index (χ4n) is 6.78. The first-order chi connectivity index (χ1) is 22.4. The van der Waals surface area contributed by atoms with Gasteiger partial charge in [-0.15, -0.1) is 0 Å². The molecule has 0 fully saturated rings. The van der Waals surface area contributed by atoms with Crippen LogP contribution in [-0.4, -0.2) is 46.9 Å². The summed E-state index contributed by atoms with van der Waals surface area (Å²) >= 11 is 0. The summed E-state index contributed by atoms with van der Waals surface area (Å²) < 4.78 is 39.0. The van der Waals surface area contributed by atoms with E-state index in [1.165, 1.54) is 16.7 Å². The fraction of sp³-hybridized carbons (Fsp3) is 0.289. The van der Waals surface area contributed by atoms with Gasteiger partial charge in [0.25, 0.3) is 0 Å². The molecule has 6 bridgehead atoms. The average molecular weight is 620 g/mol. The molecule has 1 atom stereocenters. The van der Waals surface area contributed by atoms with Gasteiger partial charge in [0.2, 0.25) is 5.75 Å². The van der Waals surface area contributed by atoms with Crippen LogP contribution in [0.15, 0.2) is 72.9 Å².